The zero-order valence-corrected chi connectivity index (χ0v) is 13.9. The van der Waals surface area contributed by atoms with Crippen LogP contribution in [0.5, 0.6) is 0 Å². The van der Waals surface area contributed by atoms with Gasteiger partial charge in [0.15, 0.2) is 5.82 Å². The summed E-state index contributed by atoms with van der Waals surface area (Å²) in [5.41, 5.74) is 1.55. The second kappa shape index (κ2) is 6.72. The van der Waals surface area contributed by atoms with Gasteiger partial charge in [-0.05, 0) is 27.2 Å². The Hall–Kier alpha value is -2.18. The number of nitrogens with zero attached hydrogens (tertiary/aromatic N) is 6. The van der Waals surface area contributed by atoms with E-state index in [4.69, 9.17) is 0 Å². The molecule has 7 heteroatoms. The first-order valence-corrected chi connectivity index (χ1v) is 7.62. The van der Waals surface area contributed by atoms with Crippen LogP contribution in [0.1, 0.15) is 55.1 Å². The molecule has 1 amide bonds. The van der Waals surface area contributed by atoms with Crippen molar-refractivity contribution >= 4 is 5.91 Å². The van der Waals surface area contributed by atoms with Crippen LogP contribution in [0.25, 0.3) is 0 Å². The molecule has 0 spiro atoms. The normalized spacial score (nSPS) is 11.2. The highest BCUT2D eigenvalue weighted by molar-refractivity contribution is 5.94. The fourth-order valence-corrected chi connectivity index (χ4v) is 2.39. The van der Waals surface area contributed by atoms with Gasteiger partial charge in [0, 0.05) is 25.3 Å². The third-order valence-electron chi connectivity index (χ3n) is 3.70. The van der Waals surface area contributed by atoms with E-state index in [0.717, 1.165) is 24.5 Å². The molecule has 0 aliphatic rings. The van der Waals surface area contributed by atoms with E-state index in [-0.39, 0.29) is 11.9 Å². The molecule has 22 heavy (non-hydrogen) atoms. The van der Waals surface area contributed by atoms with E-state index in [1.54, 1.807) is 24.5 Å². The van der Waals surface area contributed by atoms with Crippen molar-refractivity contribution in [3.8, 4) is 0 Å². The molecule has 0 saturated carbocycles. The van der Waals surface area contributed by atoms with Crippen LogP contribution in [0.2, 0.25) is 0 Å². The molecule has 0 N–H and O–H groups in total. The Kier molecular flexibility index (Phi) is 4.95. The maximum absolute atomic E-state index is 12.6. The topological polar surface area (TPSA) is 68.8 Å². The number of carbonyl (C=O) groups is 1. The Balaban J connectivity index is 2.14. The van der Waals surface area contributed by atoms with Gasteiger partial charge in [0.2, 0.25) is 0 Å². The maximum Gasteiger partial charge on any atom is 0.257 e. The first-order valence-electron chi connectivity index (χ1n) is 7.62. The fraction of sp³-hybridized carbons (Fsp3) is 0.600. The van der Waals surface area contributed by atoms with Gasteiger partial charge in [-0.1, -0.05) is 6.92 Å². The van der Waals surface area contributed by atoms with Crippen molar-refractivity contribution in [3.63, 3.8) is 0 Å². The largest absolute Gasteiger partial charge is 0.334 e. The molecule has 0 aliphatic heterocycles. The summed E-state index contributed by atoms with van der Waals surface area (Å²) in [6, 6.07) is 0.266. The van der Waals surface area contributed by atoms with Crippen molar-refractivity contribution in [2.75, 3.05) is 7.05 Å². The predicted octanol–water partition coefficient (Wildman–Crippen LogP) is 2.05. The van der Waals surface area contributed by atoms with E-state index >= 15 is 0 Å². The van der Waals surface area contributed by atoms with Crippen LogP contribution in [-0.2, 0) is 13.1 Å². The standard InChI is InChI=1S/C15H24N6O/c1-6-7-21-12(4)13(8-17-21)15(22)19(5)9-14-18-16-10-20(14)11(2)3/h8,10-11H,6-7,9H2,1-5H3. The zero-order chi connectivity index (χ0) is 16.3. The van der Waals surface area contributed by atoms with Crippen LogP contribution in [-0.4, -0.2) is 42.4 Å². The van der Waals surface area contributed by atoms with E-state index < -0.39 is 0 Å². The molecule has 0 fully saturated rings. The third kappa shape index (κ3) is 3.18. The molecular weight excluding hydrogens is 280 g/mol. The number of rotatable bonds is 6. The average Bonchev–Trinajstić information content (AvgIpc) is 3.06. The van der Waals surface area contributed by atoms with Crippen LogP contribution in [0.4, 0.5) is 0 Å². The lowest BCUT2D eigenvalue weighted by atomic mass is 10.2. The maximum atomic E-state index is 12.6. The lowest BCUT2D eigenvalue weighted by Crippen LogP contribution is -2.28. The molecule has 7 nitrogen and oxygen atoms in total. The number of amides is 1. The van der Waals surface area contributed by atoms with Gasteiger partial charge in [-0.3, -0.25) is 9.48 Å². The van der Waals surface area contributed by atoms with E-state index in [9.17, 15) is 4.79 Å². The highest BCUT2D eigenvalue weighted by Crippen LogP contribution is 2.13. The van der Waals surface area contributed by atoms with Gasteiger partial charge in [0.1, 0.15) is 6.33 Å². The molecule has 0 radical (unpaired) electrons. The molecule has 0 bridgehead atoms. The fourth-order valence-electron chi connectivity index (χ4n) is 2.39. The van der Waals surface area contributed by atoms with Crippen LogP contribution >= 0.6 is 0 Å². The molecule has 0 saturated heterocycles. The summed E-state index contributed by atoms with van der Waals surface area (Å²) in [5, 5.41) is 12.3. The SMILES string of the molecule is CCCn1ncc(C(=O)N(C)Cc2nncn2C(C)C)c1C. The van der Waals surface area contributed by atoms with E-state index in [2.05, 4.69) is 36.1 Å². The van der Waals surface area contributed by atoms with Gasteiger partial charge in [-0.2, -0.15) is 5.10 Å². The Bertz CT molecular complexity index is 642. The minimum absolute atomic E-state index is 0.0434. The lowest BCUT2D eigenvalue weighted by molar-refractivity contribution is 0.0778. The van der Waals surface area contributed by atoms with Crippen LogP contribution < -0.4 is 0 Å². The quantitative estimate of drug-likeness (QED) is 0.819. The summed E-state index contributed by atoms with van der Waals surface area (Å²) in [6.45, 7) is 9.40. The molecular formula is C15H24N6O. The van der Waals surface area contributed by atoms with Crippen molar-refractivity contribution in [3.05, 3.63) is 29.6 Å². The zero-order valence-electron chi connectivity index (χ0n) is 13.9. The molecule has 120 valence electrons. The summed E-state index contributed by atoms with van der Waals surface area (Å²) in [4.78, 5) is 14.3. The highest BCUT2D eigenvalue weighted by atomic mass is 16.2. The number of aromatic nitrogens is 5. The highest BCUT2D eigenvalue weighted by Gasteiger charge is 2.20. The minimum atomic E-state index is -0.0434. The average molecular weight is 304 g/mol. The summed E-state index contributed by atoms with van der Waals surface area (Å²) >= 11 is 0. The van der Waals surface area contributed by atoms with E-state index in [1.165, 1.54) is 0 Å². The van der Waals surface area contributed by atoms with Gasteiger partial charge >= 0.3 is 0 Å². The Morgan fingerprint density at radius 3 is 2.77 bits per heavy atom. The second-order valence-corrected chi connectivity index (χ2v) is 5.78. The number of aryl methyl sites for hydroxylation is 1. The molecule has 0 aliphatic carbocycles. The first-order chi connectivity index (χ1) is 10.5. The van der Waals surface area contributed by atoms with Crippen molar-refractivity contribution in [1.29, 1.82) is 0 Å². The molecule has 2 aromatic rings. The number of hydrogen-bond donors (Lipinski definition) is 0. The van der Waals surface area contributed by atoms with Gasteiger partial charge in [-0.25, -0.2) is 0 Å². The Labute approximate surface area is 130 Å². The van der Waals surface area contributed by atoms with Crippen LogP contribution in [0.3, 0.4) is 0 Å². The molecule has 0 aromatic carbocycles. The Morgan fingerprint density at radius 2 is 2.14 bits per heavy atom. The summed E-state index contributed by atoms with van der Waals surface area (Å²) in [6.07, 6.45) is 4.34. The van der Waals surface area contributed by atoms with E-state index in [0.29, 0.717) is 12.1 Å². The summed E-state index contributed by atoms with van der Waals surface area (Å²) < 4.78 is 3.84. The lowest BCUT2D eigenvalue weighted by Gasteiger charge is -2.18. The van der Waals surface area contributed by atoms with E-state index in [1.807, 2.05) is 16.2 Å². The molecule has 2 rings (SSSR count). The third-order valence-corrected chi connectivity index (χ3v) is 3.70. The smallest absolute Gasteiger partial charge is 0.257 e. The monoisotopic (exact) mass is 304 g/mol. The molecule has 2 aromatic heterocycles. The molecule has 0 atom stereocenters. The van der Waals surface area contributed by atoms with Crippen molar-refractivity contribution in [2.45, 2.75) is 53.2 Å². The number of carbonyl (C=O) groups excluding carboxylic acids is 1. The van der Waals surface area contributed by atoms with Crippen molar-refractivity contribution in [2.24, 2.45) is 0 Å². The van der Waals surface area contributed by atoms with Crippen LogP contribution in [0, 0.1) is 6.92 Å². The second-order valence-electron chi connectivity index (χ2n) is 5.78. The van der Waals surface area contributed by atoms with Gasteiger partial charge < -0.3 is 9.47 Å². The predicted molar refractivity (Wildman–Crippen MR) is 83.5 cm³/mol. The van der Waals surface area contributed by atoms with Crippen molar-refractivity contribution < 1.29 is 4.79 Å². The minimum Gasteiger partial charge on any atom is -0.334 e. The van der Waals surface area contributed by atoms with Crippen LogP contribution in [0.15, 0.2) is 12.5 Å². The van der Waals surface area contributed by atoms with Gasteiger partial charge in [0.25, 0.3) is 5.91 Å². The first kappa shape index (κ1) is 16.2. The van der Waals surface area contributed by atoms with Gasteiger partial charge in [-0.15, -0.1) is 10.2 Å². The van der Waals surface area contributed by atoms with Crippen molar-refractivity contribution in [1.82, 2.24) is 29.4 Å². The Morgan fingerprint density at radius 1 is 1.41 bits per heavy atom. The molecule has 2 heterocycles. The molecule has 0 unspecified atom stereocenters. The van der Waals surface area contributed by atoms with Gasteiger partial charge in [0.05, 0.1) is 18.3 Å². The number of hydrogen-bond acceptors (Lipinski definition) is 4. The summed E-state index contributed by atoms with van der Waals surface area (Å²) in [7, 11) is 1.78. The summed E-state index contributed by atoms with van der Waals surface area (Å²) in [5.74, 6) is 0.739.